The van der Waals surface area contributed by atoms with E-state index in [-0.39, 0.29) is 26.2 Å². The Labute approximate surface area is 152 Å². The van der Waals surface area contributed by atoms with E-state index in [1.54, 1.807) is 83.1 Å². The van der Waals surface area contributed by atoms with Gasteiger partial charge in [-0.25, -0.2) is 0 Å². The number of aliphatic hydroxyl groups is 2. The molecule has 0 rings (SSSR count). The van der Waals surface area contributed by atoms with Crippen LogP contribution in [0.1, 0.15) is 83.1 Å². The maximum absolute atomic E-state index is 10.1. The summed E-state index contributed by atoms with van der Waals surface area (Å²) in [6, 6.07) is 0. The third kappa shape index (κ3) is 13900. The van der Waals surface area contributed by atoms with Gasteiger partial charge >= 0.3 is 26.2 Å². The van der Waals surface area contributed by atoms with E-state index in [1.165, 1.54) is 0 Å². The molecule has 0 saturated heterocycles. The van der Waals surface area contributed by atoms with Crippen LogP contribution < -0.4 is 10.2 Å². The van der Waals surface area contributed by atoms with Crippen molar-refractivity contribution in [2.45, 2.75) is 105 Å². The van der Waals surface area contributed by atoms with Crippen molar-refractivity contribution in [1.29, 1.82) is 0 Å². The zero-order valence-corrected chi connectivity index (χ0v) is 18.7. The van der Waals surface area contributed by atoms with Gasteiger partial charge in [0.1, 0.15) is 0 Å². The van der Waals surface area contributed by atoms with Gasteiger partial charge < -0.3 is 20.4 Å². The smallest absolute Gasteiger partial charge is 0.850 e. The Morgan fingerprint density at radius 2 is 0.476 bits per heavy atom. The van der Waals surface area contributed by atoms with Gasteiger partial charge in [0.05, 0.1) is 11.2 Å². The Bertz CT molecular complexity index is 130. The maximum Gasteiger partial charge on any atom is 2.00 e. The third-order valence-electron chi connectivity index (χ3n) is 0. The van der Waals surface area contributed by atoms with Gasteiger partial charge in [0, 0.05) is 0 Å². The molecule has 0 unspecified atom stereocenters. The minimum Gasteiger partial charge on any atom is -0.850 e. The number of rotatable bonds is 0. The first-order chi connectivity index (χ1) is 8.00. The molecule has 21 heavy (non-hydrogen) atoms. The number of hydrogen-bond donors (Lipinski definition) is 2. The molecule has 0 aromatic heterocycles. The molecule has 0 radical (unpaired) electrons. The molecule has 0 aromatic carbocycles. The van der Waals surface area contributed by atoms with Gasteiger partial charge in [-0.15, -0.1) is 11.2 Å². The molecular formula is C16H38O4Zr. The molecule has 0 heterocycles. The zero-order valence-electron chi connectivity index (χ0n) is 16.2. The Hall–Kier alpha value is 0.723. The molecule has 0 aliphatic carbocycles. The van der Waals surface area contributed by atoms with Crippen LogP contribution in [0, 0.1) is 0 Å². The van der Waals surface area contributed by atoms with Crippen LogP contribution in [-0.4, -0.2) is 32.6 Å². The zero-order chi connectivity index (χ0) is 18.0. The van der Waals surface area contributed by atoms with E-state index in [0.29, 0.717) is 0 Å². The van der Waals surface area contributed by atoms with Crippen molar-refractivity contribution in [2.24, 2.45) is 0 Å². The van der Waals surface area contributed by atoms with E-state index >= 15 is 0 Å². The minimum absolute atomic E-state index is 0. The summed E-state index contributed by atoms with van der Waals surface area (Å²) in [6.07, 6.45) is 0. The van der Waals surface area contributed by atoms with Crippen molar-refractivity contribution in [1.82, 2.24) is 0 Å². The van der Waals surface area contributed by atoms with Crippen LogP contribution in [0.25, 0.3) is 0 Å². The van der Waals surface area contributed by atoms with Gasteiger partial charge in [0.25, 0.3) is 0 Å². The van der Waals surface area contributed by atoms with Crippen LogP contribution in [-0.2, 0) is 26.2 Å². The maximum atomic E-state index is 10.1. The van der Waals surface area contributed by atoms with Crippen molar-refractivity contribution < 1.29 is 46.6 Å². The second kappa shape index (κ2) is 13.2. The molecule has 5 heteroatoms. The van der Waals surface area contributed by atoms with E-state index < -0.39 is 22.4 Å². The molecule has 0 aliphatic rings. The van der Waals surface area contributed by atoms with Crippen molar-refractivity contribution in [3.63, 3.8) is 0 Å². The van der Waals surface area contributed by atoms with Gasteiger partial charge in [0.15, 0.2) is 0 Å². The molecule has 2 N–H and O–H groups in total. The Kier molecular flexibility index (Phi) is 20.9. The standard InChI is InChI=1S/2C4H10O.2C4H9O.Zr/c4*1-4(2,3)5;/h2*5H,1-3H3;2*1-3H3;/q;;2*-1;+2. The summed E-state index contributed by atoms with van der Waals surface area (Å²) in [6.45, 7) is 20.2. The fourth-order valence-corrected chi connectivity index (χ4v) is 0. The predicted molar refractivity (Wildman–Crippen MR) is 83.4 cm³/mol. The second-order valence-corrected chi connectivity index (χ2v) is 8.57. The molecular weight excluding hydrogens is 347 g/mol. The molecule has 0 spiro atoms. The summed E-state index contributed by atoms with van der Waals surface area (Å²) >= 11 is 0. The van der Waals surface area contributed by atoms with Gasteiger partial charge in [-0.1, -0.05) is 41.5 Å². The van der Waals surface area contributed by atoms with Crippen molar-refractivity contribution in [3.05, 3.63) is 0 Å². The van der Waals surface area contributed by atoms with Crippen LogP contribution in [0.3, 0.4) is 0 Å². The van der Waals surface area contributed by atoms with Crippen LogP contribution >= 0.6 is 0 Å². The summed E-state index contributed by atoms with van der Waals surface area (Å²) in [5.41, 5.74) is -2.50. The summed E-state index contributed by atoms with van der Waals surface area (Å²) in [5.74, 6) is 0. The molecule has 0 aliphatic heterocycles. The van der Waals surface area contributed by atoms with Gasteiger partial charge in [-0.3, -0.25) is 0 Å². The van der Waals surface area contributed by atoms with E-state index in [0.717, 1.165) is 0 Å². The summed E-state index contributed by atoms with van der Waals surface area (Å²) in [5, 5.41) is 37.2. The Balaban J connectivity index is -0.0000000533. The largest absolute Gasteiger partial charge is 2.00 e. The quantitative estimate of drug-likeness (QED) is 0.666. The average Bonchev–Trinajstić information content (AvgIpc) is 1.62. The third-order valence-corrected chi connectivity index (χ3v) is 0. The van der Waals surface area contributed by atoms with Crippen molar-refractivity contribution in [2.75, 3.05) is 0 Å². The topological polar surface area (TPSA) is 86.6 Å². The number of hydrogen-bond acceptors (Lipinski definition) is 4. The molecule has 0 atom stereocenters. The molecule has 130 valence electrons. The molecule has 0 aromatic rings. The van der Waals surface area contributed by atoms with E-state index in [4.69, 9.17) is 10.2 Å². The fourth-order valence-electron chi connectivity index (χ4n) is 0. The van der Waals surface area contributed by atoms with E-state index in [1.807, 2.05) is 0 Å². The predicted octanol–water partition coefficient (Wildman–Crippen LogP) is 1.84. The molecule has 4 nitrogen and oxygen atoms in total. The van der Waals surface area contributed by atoms with Crippen LogP contribution in [0.2, 0.25) is 0 Å². The van der Waals surface area contributed by atoms with Crippen LogP contribution in [0.15, 0.2) is 0 Å². The minimum atomic E-state index is -0.750. The van der Waals surface area contributed by atoms with Crippen LogP contribution in [0.4, 0.5) is 0 Å². The van der Waals surface area contributed by atoms with Crippen LogP contribution in [0.5, 0.6) is 0 Å². The van der Waals surface area contributed by atoms with Gasteiger partial charge in [-0.05, 0) is 41.5 Å². The van der Waals surface area contributed by atoms with Crippen molar-refractivity contribution in [3.8, 4) is 0 Å². The fraction of sp³-hybridized carbons (Fsp3) is 1.00. The summed E-state index contributed by atoms with van der Waals surface area (Å²) in [4.78, 5) is 0. The van der Waals surface area contributed by atoms with Gasteiger partial charge in [-0.2, -0.15) is 0 Å². The SMILES string of the molecule is CC(C)(C)O.CC(C)(C)O.CC(C)(C)[O-].CC(C)(C)[O-].[Zr+2]. The van der Waals surface area contributed by atoms with Crippen molar-refractivity contribution >= 4 is 0 Å². The first-order valence-electron chi connectivity index (χ1n) is 6.86. The Morgan fingerprint density at radius 3 is 0.476 bits per heavy atom. The second-order valence-electron chi connectivity index (χ2n) is 8.57. The normalized spacial score (nSPS) is 11.4. The van der Waals surface area contributed by atoms with E-state index in [9.17, 15) is 10.2 Å². The van der Waals surface area contributed by atoms with E-state index in [2.05, 4.69) is 0 Å². The molecule has 0 saturated carbocycles. The molecule has 0 amide bonds. The van der Waals surface area contributed by atoms with Gasteiger partial charge in [0.2, 0.25) is 0 Å². The monoisotopic (exact) mass is 384 g/mol. The first kappa shape index (κ1) is 33.4. The molecule has 0 bridgehead atoms. The Morgan fingerprint density at radius 1 is 0.476 bits per heavy atom. The summed E-state index contributed by atoms with van der Waals surface area (Å²) < 4.78 is 0. The average molecular weight is 386 g/mol. The summed E-state index contributed by atoms with van der Waals surface area (Å²) in [7, 11) is 0. The first-order valence-corrected chi connectivity index (χ1v) is 6.86. The molecule has 0 fully saturated rings.